The van der Waals surface area contributed by atoms with Crippen molar-refractivity contribution in [3.63, 3.8) is 0 Å². The number of carbonyl (C=O) groups excluding carboxylic acids is 4. The zero-order chi connectivity index (χ0) is 55.1. The van der Waals surface area contributed by atoms with E-state index in [4.69, 9.17) is 72.7 Å². The van der Waals surface area contributed by atoms with Crippen LogP contribution in [0.2, 0.25) is 10.0 Å². The molecule has 420 valence electrons. The predicted molar refractivity (Wildman–Crippen MR) is 302 cm³/mol. The van der Waals surface area contributed by atoms with E-state index in [1.54, 1.807) is 91.7 Å². The molecule has 4 aromatic carbocycles. The molecule has 0 aliphatic carbocycles. The molecule has 76 heavy (non-hydrogen) atoms. The van der Waals surface area contributed by atoms with E-state index in [1.165, 1.54) is 0 Å². The van der Waals surface area contributed by atoms with Crippen LogP contribution in [0.15, 0.2) is 84.9 Å². The summed E-state index contributed by atoms with van der Waals surface area (Å²) in [5, 5.41) is 4.23. The monoisotopic (exact) mass is 1120 g/mol. The summed E-state index contributed by atoms with van der Waals surface area (Å²) in [6.45, 7) is 15.7. The average Bonchev–Trinajstić information content (AvgIpc) is 3.37. The molecule has 0 bridgehead atoms. The van der Waals surface area contributed by atoms with Crippen LogP contribution in [0.4, 0.5) is 21.0 Å². The van der Waals surface area contributed by atoms with E-state index in [1.807, 2.05) is 77.9 Å². The van der Waals surface area contributed by atoms with Crippen LogP contribution in [0.3, 0.4) is 0 Å². The number of amides is 3. The van der Waals surface area contributed by atoms with Crippen molar-refractivity contribution >= 4 is 69.5 Å². The van der Waals surface area contributed by atoms with Crippen LogP contribution in [0.1, 0.15) is 108 Å². The molecular formula is C57H79Cl3N4O12. The lowest BCUT2D eigenvalue weighted by molar-refractivity contribution is 0.0191. The summed E-state index contributed by atoms with van der Waals surface area (Å²) >= 11 is 17.4. The Kier molecular flexibility index (Phi) is 27.4. The van der Waals surface area contributed by atoms with Crippen LogP contribution in [0, 0.1) is 0 Å². The van der Waals surface area contributed by atoms with Gasteiger partial charge >= 0.3 is 12.2 Å². The zero-order valence-electron chi connectivity index (χ0n) is 45.0. The van der Waals surface area contributed by atoms with E-state index in [0.717, 1.165) is 49.4 Å². The summed E-state index contributed by atoms with van der Waals surface area (Å²) in [7, 11) is 6.37. The number of nitrogens with zero attached hydrogens (tertiary/aromatic N) is 3. The van der Waals surface area contributed by atoms with Gasteiger partial charge in [0.25, 0.3) is 11.1 Å². The molecule has 1 N–H and O–H groups in total. The molecule has 2 heterocycles. The number of methoxy groups -OCH3 is 4. The molecule has 0 radical (unpaired) electrons. The maximum absolute atomic E-state index is 14.0. The number of piperidine rings is 2. The van der Waals surface area contributed by atoms with Crippen LogP contribution in [-0.4, -0.2) is 137 Å². The number of rotatable bonds is 18. The number of ether oxygens (including phenoxy) is 8. The number of likely N-dealkylation sites (tertiary alicyclic amines) is 2. The fraction of sp³-hybridized carbons (Fsp3) is 0.509. The van der Waals surface area contributed by atoms with Crippen molar-refractivity contribution in [3.8, 4) is 23.0 Å². The van der Waals surface area contributed by atoms with Crippen molar-refractivity contribution in [1.82, 2.24) is 9.80 Å². The fourth-order valence-electron chi connectivity index (χ4n) is 7.87. The molecule has 2 aliphatic heterocycles. The van der Waals surface area contributed by atoms with Crippen LogP contribution >= 0.6 is 34.8 Å². The molecule has 2 atom stereocenters. The van der Waals surface area contributed by atoms with Crippen molar-refractivity contribution in [1.29, 1.82) is 0 Å². The van der Waals surface area contributed by atoms with Gasteiger partial charge in [-0.1, -0.05) is 30.6 Å². The second kappa shape index (κ2) is 32.2. The quantitative estimate of drug-likeness (QED) is 0.0740. The Labute approximate surface area is 465 Å². The van der Waals surface area contributed by atoms with Gasteiger partial charge in [-0.25, -0.2) is 9.59 Å². The van der Waals surface area contributed by atoms with Crippen molar-refractivity contribution in [2.24, 2.45) is 0 Å². The third kappa shape index (κ3) is 22.1. The molecule has 19 heteroatoms. The number of halogens is 3. The Morgan fingerprint density at radius 2 is 1.07 bits per heavy atom. The Hall–Kier alpha value is -5.65. The zero-order valence-corrected chi connectivity index (χ0v) is 47.3. The Morgan fingerprint density at radius 3 is 1.54 bits per heavy atom. The molecule has 6 rings (SSSR count). The average molecular weight is 1120 g/mol. The lowest BCUT2D eigenvalue weighted by Gasteiger charge is -2.39. The second-order valence-electron chi connectivity index (χ2n) is 19.7. The van der Waals surface area contributed by atoms with Crippen molar-refractivity contribution < 1.29 is 57.1 Å². The molecule has 4 aromatic rings. The summed E-state index contributed by atoms with van der Waals surface area (Å²) < 4.78 is 43.0. The number of carbonyl (C=O) groups is 4. The van der Waals surface area contributed by atoms with Crippen LogP contribution in [-0.2, 0) is 18.9 Å². The van der Waals surface area contributed by atoms with Gasteiger partial charge in [-0.05, 0) is 164 Å². The van der Waals surface area contributed by atoms with Gasteiger partial charge in [-0.3, -0.25) is 9.59 Å². The first-order valence-electron chi connectivity index (χ1n) is 25.0. The third-order valence-electron chi connectivity index (χ3n) is 11.3. The molecule has 0 saturated carbocycles. The van der Waals surface area contributed by atoms with Crippen LogP contribution < -0.4 is 29.2 Å². The second-order valence-corrected chi connectivity index (χ2v) is 20.9. The first-order valence-corrected chi connectivity index (χ1v) is 26.1. The number of anilines is 2. The van der Waals surface area contributed by atoms with E-state index in [2.05, 4.69) is 5.32 Å². The van der Waals surface area contributed by atoms with E-state index in [0.29, 0.717) is 97.3 Å². The number of benzene rings is 4. The number of hydrogen-bond acceptors (Lipinski definition) is 13. The molecule has 16 nitrogen and oxygen atoms in total. The van der Waals surface area contributed by atoms with Crippen LogP contribution in [0.25, 0.3) is 0 Å². The first-order chi connectivity index (χ1) is 35.6. The van der Waals surface area contributed by atoms with Gasteiger partial charge in [0.1, 0.15) is 11.2 Å². The lowest BCUT2D eigenvalue weighted by Crippen LogP contribution is -2.52. The molecule has 3 amide bonds. The topological polar surface area (TPSA) is 164 Å². The summed E-state index contributed by atoms with van der Waals surface area (Å²) in [6, 6.07) is 24.7. The highest BCUT2D eigenvalue weighted by Gasteiger charge is 2.34. The SMILES string of the molecule is C.CC(C)(C)OC(=O)N1CCC[C@@H](Nc2ccc(Cl)cc2)C1.COCCCOc1cc(C(=O)Cl)ccc1OC.COCCCOc1cc(C(=O)N(c2ccc(Cl)cc2)[C@@H]2CCCN(C(=O)OC(C)(C)C)C2)ccc1OC. The molecule has 2 saturated heterocycles. The standard InChI is InChI=1S/C28H37ClN2O6.C16H23ClN2O2.C12H15ClO4.CH4/c1-28(2,3)37-27(33)30-15-6-8-23(19-30)31(22-12-10-21(29)11-13-22)26(32)20-9-14-24(35-5)25(18-20)36-17-7-16-34-4;1-16(2,3)21-15(20)19-10-4-5-14(11-19)18-13-8-6-12(17)7-9-13;1-15-6-3-7-17-11-8-9(12(13)14)4-5-10(11)16-2;/h9-14,18,23H,6-8,15-17,19H2,1-5H3;6-9,14,18H,4-5,10-11H2,1-3H3;4-5,8H,3,6-7H2,1-2H3;1H4/t23-;14-;;/m11../s1. The van der Waals surface area contributed by atoms with Gasteiger partial charge in [-0.15, -0.1) is 0 Å². The lowest BCUT2D eigenvalue weighted by atomic mass is 10.0. The fourth-order valence-corrected chi connectivity index (χ4v) is 8.24. The Morgan fingerprint density at radius 1 is 0.605 bits per heavy atom. The summed E-state index contributed by atoms with van der Waals surface area (Å²) in [5.74, 6) is 1.90. The maximum Gasteiger partial charge on any atom is 0.410 e. The minimum Gasteiger partial charge on any atom is -0.493 e. The van der Waals surface area contributed by atoms with Gasteiger partial charge in [0.2, 0.25) is 0 Å². The molecule has 2 aliphatic rings. The van der Waals surface area contributed by atoms with Gasteiger partial charge in [0.05, 0.1) is 33.5 Å². The summed E-state index contributed by atoms with van der Waals surface area (Å²) in [6.07, 6.45) is 4.37. The van der Waals surface area contributed by atoms with E-state index in [9.17, 15) is 19.2 Å². The minimum absolute atomic E-state index is 0. The van der Waals surface area contributed by atoms with Gasteiger partial charge < -0.3 is 57.9 Å². The smallest absolute Gasteiger partial charge is 0.410 e. The van der Waals surface area contributed by atoms with E-state index >= 15 is 0 Å². The largest absolute Gasteiger partial charge is 0.493 e. The summed E-state index contributed by atoms with van der Waals surface area (Å²) in [5.41, 5.74) is 1.51. The van der Waals surface area contributed by atoms with Gasteiger partial charge in [0, 0.05) is 105 Å². The van der Waals surface area contributed by atoms with Gasteiger partial charge in [-0.2, -0.15) is 0 Å². The highest BCUT2D eigenvalue weighted by Crippen LogP contribution is 2.33. The Balaban J connectivity index is 0.000000329. The number of nitrogens with one attached hydrogen (secondary N) is 1. The van der Waals surface area contributed by atoms with Crippen molar-refractivity contribution in [2.75, 3.05) is 91.3 Å². The highest BCUT2D eigenvalue weighted by molar-refractivity contribution is 6.67. The van der Waals surface area contributed by atoms with Gasteiger partial charge in [0.15, 0.2) is 23.0 Å². The maximum atomic E-state index is 14.0. The van der Waals surface area contributed by atoms with Crippen molar-refractivity contribution in [2.45, 2.75) is 111 Å². The van der Waals surface area contributed by atoms with E-state index in [-0.39, 0.29) is 37.6 Å². The summed E-state index contributed by atoms with van der Waals surface area (Å²) in [4.78, 5) is 55.1. The highest BCUT2D eigenvalue weighted by atomic mass is 35.5. The van der Waals surface area contributed by atoms with Crippen molar-refractivity contribution in [3.05, 3.63) is 106 Å². The molecule has 0 unspecified atom stereocenters. The number of hydrogen-bond donors (Lipinski definition) is 1. The first kappa shape index (κ1) is 64.6. The molecule has 0 spiro atoms. The Bertz CT molecular complexity index is 2420. The molecule has 0 aromatic heterocycles. The van der Waals surface area contributed by atoms with E-state index < -0.39 is 16.4 Å². The third-order valence-corrected chi connectivity index (χ3v) is 12.0. The molecular weight excluding hydrogens is 1040 g/mol. The predicted octanol–water partition coefficient (Wildman–Crippen LogP) is 13.1. The van der Waals surface area contributed by atoms with Crippen LogP contribution in [0.5, 0.6) is 23.0 Å². The minimum atomic E-state index is -0.599. The normalized spacial score (nSPS) is 15.2. The molecule has 2 fully saturated rings.